The lowest BCUT2D eigenvalue weighted by molar-refractivity contribution is -0.172. The van der Waals surface area contributed by atoms with E-state index >= 15 is 0 Å². The highest BCUT2D eigenvalue weighted by Gasteiger charge is 2.47. The van der Waals surface area contributed by atoms with Crippen molar-refractivity contribution in [3.8, 4) is 0 Å². The lowest BCUT2D eigenvalue weighted by atomic mass is 9.97. The Morgan fingerprint density at radius 2 is 1.61 bits per heavy atom. The van der Waals surface area contributed by atoms with Gasteiger partial charge in [0.05, 0.1) is 18.9 Å². The van der Waals surface area contributed by atoms with Crippen molar-refractivity contribution in [2.45, 2.75) is 39.3 Å². The molecule has 2 atom stereocenters. The van der Waals surface area contributed by atoms with E-state index in [4.69, 9.17) is 9.47 Å². The van der Waals surface area contributed by atoms with Crippen LogP contribution in [0.15, 0.2) is 66.9 Å². The number of morpholine rings is 1. The summed E-state index contributed by atoms with van der Waals surface area (Å²) >= 11 is 0. The Kier molecular flexibility index (Phi) is 9.91. The van der Waals surface area contributed by atoms with Gasteiger partial charge in [0, 0.05) is 45.3 Å². The van der Waals surface area contributed by atoms with Gasteiger partial charge in [0.15, 0.2) is 0 Å². The summed E-state index contributed by atoms with van der Waals surface area (Å²) in [6.07, 6.45) is 1.79. The average molecular weight is 563 g/mol. The van der Waals surface area contributed by atoms with E-state index in [0.717, 1.165) is 5.56 Å². The summed E-state index contributed by atoms with van der Waals surface area (Å²) in [4.78, 5) is 58.5. The number of rotatable bonds is 9. The molecule has 2 aromatic rings. The van der Waals surface area contributed by atoms with Crippen LogP contribution in [0.25, 0.3) is 5.70 Å². The van der Waals surface area contributed by atoms with E-state index in [2.05, 4.69) is 0 Å². The van der Waals surface area contributed by atoms with Crippen LogP contribution in [-0.4, -0.2) is 95.6 Å². The Morgan fingerprint density at radius 1 is 1.00 bits per heavy atom. The number of carbonyl (C=O) groups is 4. The number of benzene rings is 2. The quantitative estimate of drug-likeness (QED) is 0.466. The minimum Gasteiger partial charge on any atom is -0.378 e. The van der Waals surface area contributed by atoms with Gasteiger partial charge in [-0.3, -0.25) is 19.2 Å². The van der Waals surface area contributed by atoms with Crippen molar-refractivity contribution in [3.05, 3.63) is 78.0 Å². The van der Waals surface area contributed by atoms with Gasteiger partial charge < -0.3 is 19.3 Å². The highest BCUT2D eigenvalue weighted by atomic mass is 16.5. The number of hydrazine groups is 1. The number of hydrogen-bond donors (Lipinski definition) is 0. The summed E-state index contributed by atoms with van der Waals surface area (Å²) in [6.45, 7) is 6.39. The maximum Gasteiger partial charge on any atom is 0.269 e. The van der Waals surface area contributed by atoms with Gasteiger partial charge in [-0.25, -0.2) is 10.0 Å². The third-order valence-electron chi connectivity index (χ3n) is 7.22. The second kappa shape index (κ2) is 13.6. The van der Waals surface area contributed by atoms with Crippen molar-refractivity contribution >= 4 is 29.3 Å². The molecule has 2 aliphatic heterocycles. The number of nitrogens with zero attached hydrogens (tertiary/aromatic N) is 4. The Balaban J connectivity index is 1.89. The molecule has 2 aliphatic rings. The minimum atomic E-state index is -1.02. The Labute approximate surface area is 241 Å². The molecule has 1 fully saturated rings. The number of amides is 4. The standard InChI is InChI=1S/C31H38N4O6/c1-22(2)29-31(39)35(27(25-13-9-6-10-14-25)20-33(29)28(37)21-40-4)34(23(3)36)26(19-24-11-7-5-8-12-24)30(38)32-15-17-41-18-16-32/h5-14,20,22,26,29H,15-19,21H2,1-4H3/t26-,29?/m0/s1. The van der Waals surface area contributed by atoms with Crippen molar-refractivity contribution in [1.82, 2.24) is 19.8 Å². The number of hydrogen-bond acceptors (Lipinski definition) is 6. The van der Waals surface area contributed by atoms with Gasteiger partial charge in [0.2, 0.25) is 11.8 Å². The van der Waals surface area contributed by atoms with E-state index in [0.29, 0.717) is 37.6 Å². The molecular formula is C31H38N4O6. The van der Waals surface area contributed by atoms with Gasteiger partial charge in [-0.1, -0.05) is 74.5 Å². The highest BCUT2D eigenvalue weighted by molar-refractivity contribution is 5.99. The maximum absolute atomic E-state index is 14.5. The first-order valence-electron chi connectivity index (χ1n) is 13.9. The molecule has 10 nitrogen and oxygen atoms in total. The monoisotopic (exact) mass is 562 g/mol. The first-order chi connectivity index (χ1) is 19.7. The van der Waals surface area contributed by atoms with Crippen molar-refractivity contribution in [1.29, 1.82) is 0 Å². The first-order valence-corrected chi connectivity index (χ1v) is 13.9. The topological polar surface area (TPSA) is 99.7 Å². The fourth-order valence-corrected chi connectivity index (χ4v) is 5.30. The molecule has 0 aromatic heterocycles. The molecule has 10 heteroatoms. The molecule has 0 bridgehead atoms. The van der Waals surface area contributed by atoms with E-state index < -0.39 is 23.9 Å². The largest absolute Gasteiger partial charge is 0.378 e. The van der Waals surface area contributed by atoms with Crippen LogP contribution in [0.4, 0.5) is 0 Å². The smallest absolute Gasteiger partial charge is 0.269 e. The molecule has 2 heterocycles. The first kappa shape index (κ1) is 30.0. The molecule has 1 saturated heterocycles. The predicted molar refractivity (Wildman–Crippen MR) is 152 cm³/mol. The van der Waals surface area contributed by atoms with Crippen LogP contribution in [0, 0.1) is 5.92 Å². The molecule has 218 valence electrons. The Bertz CT molecular complexity index is 1260. The molecule has 0 spiro atoms. The number of methoxy groups -OCH3 is 1. The predicted octanol–water partition coefficient (Wildman–Crippen LogP) is 2.56. The van der Waals surface area contributed by atoms with Gasteiger partial charge in [0.1, 0.15) is 18.7 Å². The molecule has 0 saturated carbocycles. The van der Waals surface area contributed by atoms with Crippen molar-refractivity contribution in [2.24, 2.45) is 5.92 Å². The maximum atomic E-state index is 14.5. The van der Waals surface area contributed by atoms with Gasteiger partial charge >= 0.3 is 0 Å². The molecule has 0 N–H and O–H groups in total. The van der Waals surface area contributed by atoms with Crippen LogP contribution in [0.3, 0.4) is 0 Å². The molecule has 4 rings (SSSR count). The van der Waals surface area contributed by atoms with Crippen LogP contribution < -0.4 is 0 Å². The molecule has 0 radical (unpaired) electrons. The van der Waals surface area contributed by atoms with Crippen molar-refractivity contribution in [2.75, 3.05) is 40.0 Å². The zero-order valence-electron chi connectivity index (χ0n) is 24.1. The molecule has 1 unspecified atom stereocenters. The van der Waals surface area contributed by atoms with Crippen molar-refractivity contribution < 1.29 is 28.7 Å². The lowest BCUT2D eigenvalue weighted by Crippen LogP contribution is -2.65. The second-order valence-corrected chi connectivity index (χ2v) is 10.5. The van der Waals surface area contributed by atoms with Gasteiger partial charge in [-0.15, -0.1) is 0 Å². The van der Waals surface area contributed by atoms with Crippen LogP contribution in [-0.2, 0) is 35.1 Å². The summed E-state index contributed by atoms with van der Waals surface area (Å²) in [7, 11) is 1.42. The van der Waals surface area contributed by atoms with Gasteiger partial charge in [-0.05, 0) is 11.5 Å². The number of ether oxygens (including phenoxy) is 2. The van der Waals surface area contributed by atoms with Gasteiger partial charge in [-0.2, -0.15) is 0 Å². The fourth-order valence-electron chi connectivity index (χ4n) is 5.30. The van der Waals surface area contributed by atoms with Crippen LogP contribution in [0.1, 0.15) is 31.9 Å². The molecule has 4 amide bonds. The molecule has 41 heavy (non-hydrogen) atoms. The molecule has 2 aromatic carbocycles. The minimum absolute atomic E-state index is 0.196. The zero-order chi connectivity index (χ0) is 29.5. The summed E-state index contributed by atoms with van der Waals surface area (Å²) in [5.41, 5.74) is 1.78. The zero-order valence-corrected chi connectivity index (χ0v) is 24.1. The summed E-state index contributed by atoms with van der Waals surface area (Å²) in [5.74, 6) is -1.90. The van der Waals surface area contributed by atoms with E-state index in [1.807, 2.05) is 62.4 Å². The Hall–Kier alpha value is -4.02. The van der Waals surface area contributed by atoms with E-state index in [1.165, 1.54) is 29.0 Å². The SMILES string of the molecule is COCC(=O)N1C=C(c2ccccc2)N(N(C(C)=O)[C@@H](Cc2ccccc2)C(=O)N2CCOCC2)C(=O)C1C(C)C. The highest BCUT2D eigenvalue weighted by Crippen LogP contribution is 2.33. The normalized spacial score (nSPS) is 18.3. The lowest BCUT2D eigenvalue weighted by Gasteiger charge is -2.47. The fraction of sp³-hybridized carbons (Fsp3) is 0.419. The van der Waals surface area contributed by atoms with Crippen molar-refractivity contribution in [3.63, 3.8) is 0 Å². The van der Waals surface area contributed by atoms with E-state index in [-0.39, 0.29) is 30.8 Å². The van der Waals surface area contributed by atoms with Crippen LogP contribution in [0.2, 0.25) is 0 Å². The summed E-state index contributed by atoms with van der Waals surface area (Å²) < 4.78 is 10.6. The summed E-state index contributed by atoms with van der Waals surface area (Å²) in [6, 6.07) is 16.6. The molecular weight excluding hydrogens is 524 g/mol. The van der Waals surface area contributed by atoms with E-state index in [9.17, 15) is 19.2 Å². The average Bonchev–Trinajstić information content (AvgIpc) is 2.98. The van der Waals surface area contributed by atoms with Gasteiger partial charge in [0.25, 0.3) is 11.8 Å². The molecule has 0 aliphatic carbocycles. The number of carbonyl (C=O) groups excluding carboxylic acids is 4. The van der Waals surface area contributed by atoms with E-state index in [1.54, 1.807) is 23.2 Å². The third kappa shape index (κ3) is 6.66. The Morgan fingerprint density at radius 3 is 2.17 bits per heavy atom. The second-order valence-electron chi connectivity index (χ2n) is 10.5. The van der Waals surface area contributed by atoms with Crippen LogP contribution >= 0.6 is 0 Å². The van der Waals surface area contributed by atoms with Crippen LogP contribution in [0.5, 0.6) is 0 Å². The summed E-state index contributed by atoms with van der Waals surface area (Å²) in [5, 5.41) is 2.59. The third-order valence-corrected chi connectivity index (χ3v) is 7.22.